The summed E-state index contributed by atoms with van der Waals surface area (Å²) in [5, 5.41) is 9.89. The van der Waals surface area contributed by atoms with E-state index in [-0.39, 0.29) is 5.91 Å². The fraction of sp³-hybridized carbons (Fsp3) is 0.357. The number of aromatic nitrogens is 3. The molecule has 2 N–H and O–H groups in total. The molecular weight excluding hydrogens is 240 g/mol. The quantitative estimate of drug-likeness (QED) is 0.771. The minimum absolute atomic E-state index is 0.000228. The SMILES string of the molecule is CC(=O)NCCCc1n[nH]c(Cc2ccccc2)n1. The topological polar surface area (TPSA) is 70.7 Å². The van der Waals surface area contributed by atoms with Crippen molar-refractivity contribution in [2.75, 3.05) is 6.54 Å². The highest BCUT2D eigenvalue weighted by molar-refractivity contribution is 5.72. The smallest absolute Gasteiger partial charge is 0.216 e. The van der Waals surface area contributed by atoms with Crippen molar-refractivity contribution in [3.05, 3.63) is 47.5 Å². The molecule has 0 aliphatic heterocycles. The number of H-pyrrole nitrogens is 1. The van der Waals surface area contributed by atoms with Crippen molar-refractivity contribution < 1.29 is 4.79 Å². The summed E-state index contributed by atoms with van der Waals surface area (Å²) >= 11 is 0. The standard InChI is InChI=1S/C14H18N4O/c1-11(19)15-9-5-8-13-16-14(18-17-13)10-12-6-3-2-4-7-12/h2-4,6-7H,5,8-10H2,1H3,(H,15,19)(H,16,17,18). The summed E-state index contributed by atoms with van der Waals surface area (Å²) in [6.07, 6.45) is 2.38. The number of hydrogen-bond acceptors (Lipinski definition) is 3. The number of nitrogens with zero attached hydrogens (tertiary/aromatic N) is 2. The van der Waals surface area contributed by atoms with E-state index >= 15 is 0 Å². The second kappa shape index (κ2) is 6.68. The van der Waals surface area contributed by atoms with E-state index < -0.39 is 0 Å². The van der Waals surface area contributed by atoms with E-state index in [4.69, 9.17) is 0 Å². The Hall–Kier alpha value is -2.17. The van der Waals surface area contributed by atoms with Crippen LogP contribution < -0.4 is 5.32 Å². The Bertz CT molecular complexity index is 521. The van der Waals surface area contributed by atoms with Gasteiger partial charge in [0.05, 0.1) is 0 Å². The predicted molar refractivity (Wildman–Crippen MR) is 72.6 cm³/mol. The number of aromatic amines is 1. The Kier molecular flexibility index (Phi) is 4.66. The normalized spacial score (nSPS) is 10.4. The summed E-state index contributed by atoms with van der Waals surface area (Å²) in [7, 11) is 0. The largest absolute Gasteiger partial charge is 0.356 e. The molecule has 0 atom stereocenters. The molecule has 1 heterocycles. The van der Waals surface area contributed by atoms with Crippen LogP contribution in [0, 0.1) is 0 Å². The minimum Gasteiger partial charge on any atom is -0.356 e. The molecule has 0 saturated heterocycles. The Morgan fingerprint density at radius 3 is 2.84 bits per heavy atom. The molecule has 0 fully saturated rings. The van der Waals surface area contributed by atoms with E-state index in [1.165, 1.54) is 12.5 Å². The van der Waals surface area contributed by atoms with Crippen molar-refractivity contribution in [2.45, 2.75) is 26.2 Å². The van der Waals surface area contributed by atoms with Crippen LogP contribution in [-0.4, -0.2) is 27.6 Å². The lowest BCUT2D eigenvalue weighted by atomic mass is 10.1. The van der Waals surface area contributed by atoms with Gasteiger partial charge >= 0.3 is 0 Å². The minimum atomic E-state index is -0.000228. The van der Waals surface area contributed by atoms with Gasteiger partial charge in [-0.25, -0.2) is 4.98 Å². The molecule has 1 aromatic heterocycles. The average Bonchev–Trinajstić information content (AvgIpc) is 2.83. The molecular formula is C14H18N4O. The molecule has 0 aliphatic rings. The average molecular weight is 258 g/mol. The maximum atomic E-state index is 10.7. The lowest BCUT2D eigenvalue weighted by Gasteiger charge is -1.98. The van der Waals surface area contributed by atoms with Crippen LogP contribution in [0.4, 0.5) is 0 Å². The van der Waals surface area contributed by atoms with Crippen molar-refractivity contribution in [3.63, 3.8) is 0 Å². The second-order valence-corrected chi connectivity index (χ2v) is 4.45. The molecule has 1 aromatic carbocycles. The van der Waals surface area contributed by atoms with E-state index in [0.717, 1.165) is 30.9 Å². The first kappa shape index (κ1) is 13.3. The molecule has 19 heavy (non-hydrogen) atoms. The molecule has 5 heteroatoms. The Labute approximate surface area is 112 Å². The zero-order valence-corrected chi connectivity index (χ0v) is 11.0. The maximum absolute atomic E-state index is 10.7. The number of benzene rings is 1. The number of amides is 1. The van der Waals surface area contributed by atoms with Gasteiger partial charge in [-0.05, 0) is 12.0 Å². The molecule has 0 radical (unpaired) electrons. The van der Waals surface area contributed by atoms with Crippen molar-refractivity contribution in [1.29, 1.82) is 0 Å². The zero-order valence-electron chi connectivity index (χ0n) is 11.0. The predicted octanol–water partition coefficient (Wildman–Crippen LogP) is 1.46. The number of aryl methyl sites for hydroxylation is 1. The first-order valence-corrected chi connectivity index (χ1v) is 6.42. The molecule has 0 aliphatic carbocycles. The summed E-state index contributed by atoms with van der Waals surface area (Å²) < 4.78 is 0. The maximum Gasteiger partial charge on any atom is 0.216 e. The van der Waals surface area contributed by atoms with Gasteiger partial charge in [-0.15, -0.1) is 0 Å². The molecule has 0 spiro atoms. The van der Waals surface area contributed by atoms with Crippen LogP contribution in [0.1, 0.15) is 30.6 Å². The molecule has 0 bridgehead atoms. The molecule has 100 valence electrons. The number of nitrogens with one attached hydrogen (secondary N) is 2. The third-order valence-electron chi connectivity index (χ3n) is 2.74. The molecule has 2 rings (SSSR count). The molecule has 0 saturated carbocycles. The highest BCUT2D eigenvalue weighted by Gasteiger charge is 2.04. The van der Waals surface area contributed by atoms with Crippen molar-refractivity contribution in [2.24, 2.45) is 0 Å². The van der Waals surface area contributed by atoms with Gasteiger partial charge < -0.3 is 5.32 Å². The molecule has 5 nitrogen and oxygen atoms in total. The van der Waals surface area contributed by atoms with Crippen molar-refractivity contribution >= 4 is 5.91 Å². The Balaban J connectivity index is 1.80. The van der Waals surface area contributed by atoms with Crippen LogP contribution in [0.3, 0.4) is 0 Å². The zero-order chi connectivity index (χ0) is 13.5. The van der Waals surface area contributed by atoms with Crippen LogP contribution in [0.2, 0.25) is 0 Å². The second-order valence-electron chi connectivity index (χ2n) is 4.45. The van der Waals surface area contributed by atoms with Crippen LogP contribution in [0.5, 0.6) is 0 Å². The summed E-state index contributed by atoms with van der Waals surface area (Å²) in [5.74, 6) is 1.68. The van der Waals surface area contributed by atoms with E-state index in [1.807, 2.05) is 18.2 Å². The number of carbonyl (C=O) groups is 1. The first-order valence-electron chi connectivity index (χ1n) is 6.42. The van der Waals surface area contributed by atoms with E-state index in [9.17, 15) is 4.79 Å². The third kappa shape index (κ3) is 4.54. The number of rotatable bonds is 6. The lowest BCUT2D eigenvalue weighted by molar-refractivity contribution is -0.118. The van der Waals surface area contributed by atoms with Crippen LogP contribution >= 0.6 is 0 Å². The number of carbonyl (C=O) groups excluding carboxylic acids is 1. The van der Waals surface area contributed by atoms with Crippen molar-refractivity contribution in [3.8, 4) is 0 Å². The Morgan fingerprint density at radius 1 is 1.32 bits per heavy atom. The summed E-state index contributed by atoms with van der Waals surface area (Å²) in [4.78, 5) is 15.2. The van der Waals surface area contributed by atoms with Crippen LogP contribution in [0.25, 0.3) is 0 Å². The third-order valence-corrected chi connectivity index (χ3v) is 2.74. The van der Waals surface area contributed by atoms with Gasteiger partial charge in [0.2, 0.25) is 5.91 Å². The van der Waals surface area contributed by atoms with Gasteiger partial charge in [0.1, 0.15) is 5.82 Å². The van der Waals surface area contributed by atoms with E-state index in [0.29, 0.717) is 6.54 Å². The highest BCUT2D eigenvalue weighted by Crippen LogP contribution is 2.05. The molecule has 2 aromatic rings. The van der Waals surface area contributed by atoms with Gasteiger partial charge in [-0.1, -0.05) is 30.3 Å². The van der Waals surface area contributed by atoms with Gasteiger partial charge in [-0.2, -0.15) is 5.10 Å². The first-order chi connectivity index (χ1) is 9.24. The Morgan fingerprint density at radius 2 is 2.11 bits per heavy atom. The number of hydrogen-bond donors (Lipinski definition) is 2. The summed E-state index contributed by atoms with van der Waals surface area (Å²) in [6, 6.07) is 10.2. The fourth-order valence-corrected chi connectivity index (χ4v) is 1.83. The van der Waals surface area contributed by atoms with E-state index in [1.54, 1.807) is 0 Å². The van der Waals surface area contributed by atoms with Gasteiger partial charge in [-0.3, -0.25) is 9.89 Å². The molecule has 0 unspecified atom stereocenters. The summed E-state index contributed by atoms with van der Waals surface area (Å²) in [6.45, 7) is 2.18. The monoisotopic (exact) mass is 258 g/mol. The van der Waals surface area contributed by atoms with Crippen LogP contribution in [-0.2, 0) is 17.6 Å². The fourth-order valence-electron chi connectivity index (χ4n) is 1.83. The molecule has 1 amide bonds. The van der Waals surface area contributed by atoms with Crippen LogP contribution in [0.15, 0.2) is 30.3 Å². The van der Waals surface area contributed by atoms with Gasteiger partial charge in [0.25, 0.3) is 0 Å². The highest BCUT2D eigenvalue weighted by atomic mass is 16.1. The van der Waals surface area contributed by atoms with E-state index in [2.05, 4.69) is 32.6 Å². The lowest BCUT2D eigenvalue weighted by Crippen LogP contribution is -2.21. The summed E-state index contributed by atoms with van der Waals surface area (Å²) in [5.41, 5.74) is 1.21. The van der Waals surface area contributed by atoms with Crippen molar-refractivity contribution in [1.82, 2.24) is 20.5 Å². The van der Waals surface area contributed by atoms with Gasteiger partial charge in [0.15, 0.2) is 5.82 Å². The van der Waals surface area contributed by atoms with Gasteiger partial charge in [0, 0.05) is 26.3 Å².